The number of ether oxygens (including phenoxy) is 1. The molecule has 0 aliphatic carbocycles. The number of nitrogens with zero attached hydrogens (tertiary/aromatic N) is 3. The van der Waals surface area contributed by atoms with Gasteiger partial charge in [0.05, 0.1) is 25.1 Å². The molecule has 3 aromatic rings. The predicted molar refractivity (Wildman–Crippen MR) is 121 cm³/mol. The number of amides is 2. The number of fused-ring (bicyclic) bond motifs is 1. The highest BCUT2D eigenvalue weighted by Crippen LogP contribution is 2.34. The van der Waals surface area contributed by atoms with Crippen LogP contribution in [0, 0.1) is 13.8 Å². The molecule has 7 nitrogen and oxygen atoms in total. The summed E-state index contributed by atoms with van der Waals surface area (Å²) < 4.78 is 5.25. The quantitative estimate of drug-likeness (QED) is 0.419. The molecule has 0 spiro atoms. The Morgan fingerprint density at radius 3 is 2.73 bits per heavy atom. The molecule has 30 heavy (non-hydrogen) atoms. The van der Waals surface area contributed by atoms with Crippen LogP contribution in [0.5, 0.6) is 5.75 Å². The van der Waals surface area contributed by atoms with Gasteiger partial charge in [-0.2, -0.15) is 0 Å². The molecule has 0 atom stereocenters. The smallest absolute Gasteiger partial charge is 0.244 e. The zero-order valence-electron chi connectivity index (χ0n) is 17.4. The van der Waals surface area contributed by atoms with Crippen molar-refractivity contribution in [2.75, 3.05) is 31.3 Å². The summed E-state index contributed by atoms with van der Waals surface area (Å²) in [5, 5.41) is 4.61. The molecule has 0 fully saturated rings. The summed E-state index contributed by atoms with van der Waals surface area (Å²) >= 11 is 3.01. The van der Waals surface area contributed by atoms with Gasteiger partial charge in [0, 0.05) is 16.8 Å². The Hall–Kier alpha value is -2.65. The van der Waals surface area contributed by atoms with Crippen molar-refractivity contribution in [3.05, 3.63) is 41.0 Å². The molecule has 1 N–H and O–H groups in total. The second-order valence-electron chi connectivity index (χ2n) is 6.59. The van der Waals surface area contributed by atoms with Gasteiger partial charge in [-0.05, 0) is 38.5 Å². The second kappa shape index (κ2) is 9.90. The van der Waals surface area contributed by atoms with Crippen molar-refractivity contribution in [1.82, 2.24) is 14.9 Å². The summed E-state index contributed by atoms with van der Waals surface area (Å²) in [6.45, 7) is 6.37. The lowest BCUT2D eigenvalue weighted by Gasteiger charge is -2.20. The fourth-order valence-electron chi connectivity index (χ4n) is 2.97. The number of rotatable bonds is 8. The van der Waals surface area contributed by atoms with Crippen LogP contribution in [0.2, 0.25) is 0 Å². The average Bonchev–Trinajstić information content (AvgIpc) is 3.04. The zero-order chi connectivity index (χ0) is 21.7. The van der Waals surface area contributed by atoms with Crippen molar-refractivity contribution in [1.29, 1.82) is 0 Å². The number of carbonyl (C=O) groups is 2. The average molecular weight is 445 g/mol. The van der Waals surface area contributed by atoms with Gasteiger partial charge in [0.25, 0.3) is 0 Å². The number of likely N-dealkylation sites (N-methyl/N-ethyl adjacent to an activating group) is 1. The van der Waals surface area contributed by atoms with Gasteiger partial charge in [-0.1, -0.05) is 23.9 Å². The Labute approximate surface area is 183 Å². The van der Waals surface area contributed by atoms with E-state index in [0.29, 0.717) is 18.0 Å². The third-order valence-electron chi connectivity index (χ3n) is 4.71. The topological polar surface area (TPSA) is 84.4 Å². The maximum atomic E-state index is 12.7. The van der Waals surface area contributed by atoms with Crippen molar-refractivity contribution in [3.63, 3.8) is 0 Å². The van der Waals surface area contributed by atoms with Crippen molar-refractivity contribution >= 4 is 50.8 Å². The van der Waals surface area contributed by atoms with Crippen molar-refractivity contribution in [2.45, 2.75) is 25.8 Å². The van der Waals surface area contributed by atoms with E-state index in [9.17, 15) is 9.59 Å². The van der Waals surface area contributed by atoms with Crippen molar-refractivity contribution in [2.24, 2.45) is 0 Å². The number of anilines is 1. The molecule has 0 radical (unpaired) electrons. The van der Waals surface area contributed by atoms with Crippen LogP contribution < -0.4 is 10.1 Å². The van der Waals surface area contributed by atoms with Gasteiger partial charge in [0.15, 0.2) is 0 Å². The van der Waals surface area contributed by atoms with Crippen LogP contribution in [0.15, 0.2) is 35.6 Å². The molecule has 0 bridgehead atoms. The monoisotopic (exact) mass is 444 g/mol. The summed E-state index contributed by atoms with van der Waals surface area (Å²) in [7, 11) is 1.55. The number of thioether (sulfide) groups is 1. The number of benzene rings is 1. The molecular weight excluding hydrogens is 420 g/mol. The minimum absolute atomic E-state index is 0.0241. The number of para-hydroxylation sites is 2. The SMILES string of the molecule is CCN(CC(=O)Nc1ccccc1OC)C(=O)CSc1ncnc2sc(C)c(C)c12. The highest BCUT2D eigenvalue weighted by atomic mass is 32.2. The summed E-state index contributed by atoms with van der Waals surface area (Å²) in [4.78, 5) is 37.6. The number of hydrogen-bond acceptors (Lipinski definition) is 7. The maximum absolute atomic E-state index is 12.7. The molecule has 2 aromatic heterocycles. The predicted octanol–water partition coefficient (Wildman–Crippen LogP) is 3.90. The summed E-state index contributed by atoms with van der Waals surface area (Å²) in [5.74, 6) is 0.392. The van der Waals surface area contributed by atoms with Crippen molar-refractivity contribution < 1.29 is 14.3 Å². The van der Waals surface area contributed by atoms with Gasteiger partial charge in [-0.15, -0.1) is 11.3 Å². The Morgan fingerprint density at radius 2 is 2.00 bits per heavy atom. The van der Waals surface area contributed by atoms with Gasteiger partial charge in [0.2, 0.25) is 11.8 Å². The van der Waals surface area contributed by atoms with E-state index < -0.39 is 0 Å². The first kappa shape index (κ1) is 22.0. The molecule has 0 saturated heterocycles. The first-order chi connectivity index (χ1) is 14.4. The number of carbonyl (C=O) groups excluding carboxylic acids is 2. The molecule has 3 rings (SSSR count). The summed E-state index contributed by atoms with van der Waals surface area (Å²) in [5.41, 5.74) is 1.73. The number of aryl methyl sites for hydroxylation is 2. The van der Waals surface area contributed by atoms with E-state index >= 15 is 0 Å². The fraction of sp³-hybridized carbons (Fsp3) is 0.333. The molecule has 0 aliphatic rings. The van der Waals surface area contributed by atoms with E-state index in [4.69, 9.17) is 4.74 Å². The van der Waals surface area contributed by atoms with Crippen LogP contribution in [0.4, 0.5) is 5.69 Å². The molecular formula is C21H24N4O3S2. The number of thiophene rings is 1. The highest BCUT2D eigenvalue weighted by Gasteiger charge is 2.19. The lowest BCUT2D eigenvalue weighted by molar-refractivity contribution is -0.132. The molecule has 158 valence electrons. The highest BCUT2D eigenvalue weighted by molar-refractivity contribution is 8.00. The molecule has 0 saturated carbocycles. The van der Waals surface area contributed by atoms with Crippen LogP contribution in [-0.4, -0.2) is 52.6 Å². The first-order valence-corrected chi connectivity index (χ1v) is 11.3. The van der Waals surface area contributed by atoms with Crippen LogP contribution in [0.1, 0.15) is 17.4 Å². The standard InChI is InChI=1S/C21H24N4O3S2/c1-5-25(10-17(26)24-15-8-6-7-9-16(15)28-4)18(27)11-29-20-19-13(2)14(3)30-21(19)23-12-22-20/h6-9,12H,5,10-11H2,1-4H3,(H,24,26). The van der Waals surface area contributed by atoms with E-state index in [1.165, 1.54) is 27.9 Å². The van der Waals surface area contributed by atoms with Gasteiger partial charge in [0.1, 0.15) is 21.9 Å². The van der Waals surface area contributed by atoms with Crippen LogP contribution in [0.3, 0.4) is 0 Å². The summed E-state index contributed by atoms with van der Waals surface area (Å²) in [6, 6.07) is 7.17. The molecule has 0 unspecified atom stereocenters. The minimum atomic E-state index is -0.270. The Morgan fingerprint density at radius 1 is 1.23 bits per heavy atom. The largest absolute Gasteiger partial charge is 0.495 e. The Kier molecular flexibility index (Phi) is 7.28. The van der Waals surface area contributed by atoms with Crippen LogP contribution in [0.25, 0.3) is 10.2 Å². The van der Waals surface area contributed by atoms with Crippen LogP contribution in [-0.2, 0) is 9.59 Å². The van der Waals surface area contributed by atoms with E-state index in [1.807, 2.05) is 26.0 Å². The number of methoxy groups -OCH3 is 1. The van der Waals surface area contributed by atoms with E-state index in [1.54, 1.807) is 30.6 Å². The normalized spacial score (nSPS) is 10.8. The van der Waals surface area contributed by atoms with Gasteiger partial charge < -0.3 is 15.0 Å². The van der Waals surface area contributed by atoms with E-state index in [-0.39, 0.29) is 24.1 Å². The maximum Gasteiger partial charge on any atom is 0.244 e. The lowest BCUT2D eigenvalue weighted by atomic mass is 10.2. The van der Waals surface area contributed by atoms with Gasteiger partial charge >= 0.3 is 0 Å². The fourth-order valence-corrected chi connectivity index (χ4v) is 4.99. The number of nitrogens with one attached hydrogen (secondary N) is 1. The first-order valence-electron chi connectivity index (χ1n) is 9.48. The minimum Gasteiger partial charge on any atom is -0.495 e. The van der Waals surface area contributed by atoms with E-state index in [2.05, 4.69) is 22.2 Å². The molecule has 9 heteroatoms. The molecule has 2 amide bonds. The van der Waals surface area contributed by atoms with E-state index in [0.717, 1.165) is 20.8 Å². The zero-order valence-corrected chi connectivity index (χ0v) is 19.0. The molecule has 0 aliphatic heterocycles. The van der Waals surface area contributed by atoms with Crippen molar-refractivity contribution in [3.8, 4) is 5.75 Å². The number of aromatic nitrogens is 2. The Balaban J connectivity index is 1.63. The summed E-state index contributed by atoms with van der Waals surface area (Å²) in [6.07, 6.45) is 1.53. The third kappa shape index (κ3) is 4.91. The van der Waals surface area contributed by atoms with Gasteiger partial charge in [-0.25, -0.2) is 9.97 Å². The van der Waals surface area contributed by atoms with Gasteiger partial charge in [-0.3, -0.25) is 9.59 Å². The second-order valence-corrected chi connectivity index (χ2v) is 8.75. The third-order valence-corrected chi connectivity index (χ3v) is 6.80. The lowest BCUT2D eigenvalue weighted by Crippen LogP contribution is -2.38. The Bertz CT molecular complexity index is 1070. The van der Waals surface area contributed by atoms with Crippen LogP contribution >= 0.6 is 23.1 Å². The molecule has 1 aromatic carbocycles. The molecule has 2 heterocycles. The number of hydrogen-bond donors (Lipinski definition) is 1.